The first-order valence-electron chi connectivity index (χ1n) is 12.3. The summed E-state index contributed by atoms with van der Waals surface area (Å²) in [5.41, 5.74) is 1.63. The molecule has 0 aliphatic carbocycles. The fourth-order valence-corrected chi connectivity index (χ4v) is 6.19. The number of carbonyl (C=O) groups excluding carboxylic acids is 1. The van der Waals surface area contributed by atoms with Gasteiger partial charge in [0.15, 0.2) is 11.0 Å². The van der Waals surface area contributed by atoms with E-state index in [2.05, 4.69) is 10.2 Å². The van der Waals surface area contributed by atoms with Gasteiger partial charge in [0.1, 0.15) is 18.1 Å². The quantitative estimate of drug-likeness (QED) is 0.147. The fourth-order valence-electron chi connectivity index (χ4n) is 4.15. The van der Waals surface area contributed by atoms with Crippen LogP contribution in [0.15, 0.2) is 81.7 Å². The number of amides is 1. The minimum Gasteiger partial charge on any atom is -0.497 e. The second-order valence-electron chi connectivity index (χ2n) is 8.56. The minimum atomic E-state index is -0.0723. The Morgan fingerprint density at radius 1 is 0.974 bits per heavy atom. The highest BCUT2D eigenvalue weighted by atomic mass is 35.5. The summed E-state index contributed by atoms with van der Waals surface area (Å²) >= 11 is 9.30. The van der Waals surface area contributed by atoms with Crippen molar-refractivity contribution in [2.75, 3.05) is 31.5 Å². The number of halogens is 1. The molecule has 1 aliphatic heterocycles. The number of hydrogen-bond donors (Lipinski definition) is 0. The topological polar surface area (TPSA) is 78.7 Å². The van der Waals surface area contributed by atoms with Crippen LogP contribution >= 0.6 is 35.1 Å². The van der Waals surface area contributed by atoms with Crippen LogP contribution in [0.4, 0.5) is 11.4 Å². The first-order valence-corrected chi connectivity index (χ1v) is 14.5. The van der Waals surface area contributed by atoms with Crippen molar-refractivity contribution in [3.63, 3.8) is 0 Å². The van der Waals surface area contributed by atoms with Gasteiger partial charge in [-0.15, -0.1) is 10.2 Å². The zero-order valence-electron chi connectivity index (χ0n) is 21.5. The Morgan fingerprint density at radius 2 is 1.79 bits per heavy atom. The lowest BCUT2D eigenvalue weighted by atomic mass is 10.2. The smallest absolute Gasteiger partial charge is 0.242 e. The predicted octanol–water partition coefficient (Wildman–Crippen LogP) is 6.48. The molecule has 0 saturated heterocycles. The lowest BCUT2D eigenvalue weighted by Crippen LogP contribution is -2.30. The van der Waals surface area contributed by atoms with Crippen LogP contribution in [0.3, 0.4) is 0 Å². The number of thioether (sulfide) groups is 1. The van der Waals surface area contributed by atoms with Crippen molar-refractivity contribution >= 4 is 52.4 Å². The zero-order chi connectivity index (χ0) is 27.2. The van der Waals surface area contributed by atoms with Crippen LogP contribution in [0.1, 0.15) is 12.2 Å². The summed E-state index contributed by atoms with van der Waals surface area (Å²) in [6, 6.07) is 20.9. The number of aromatic nitrogens is 3. The summed E-state index contributed by atoms with van der Waals surface area (Å²) in [6.45, 7) is 1.46. The van der Waals surface area contributed by atoms with Crippen molar-refractivity contribution in [1.29, 1.82) is 0 Å². The molecule has 0 unspecified atom stereocenters. The average molecular weight is 583 g/mol. The molecule has 8 nitrogen and oxygen atoms in total. The van der Waals surface area contributed by atoms with Crippen LogP contribution in [0.25, 0.3) is 0 Å². The van der Waals surface area contributed by atoms with Crippen LogP contribution in [-0.4, -0.2) is 47.3 Å². The van der Waals surface area contributed by atoms with Crippen molar-refractivity contribution in [2.24, 2.45) is 0 Å². The molecule has 3 aromatic carbocycles. The molecule has 0 N–H and O–H groups in total. The van der Waals surface area contributed by atoms with Gasteiger partial charge in [-0.3, -0.25) is 9.69 Å². The fraction of sp³-hybridized carbons (Fsp3) is 0.250. The van der Waals surface area contributed by atoms with Gasteiger partial charge in [0.05, 0.1) is 24.2 Å². The Hall–Kier alpha value is -3.18. The molecule has 11 heteroatoms. The maximum atomic E-state index is 13.7. The molecule has 202 valence electrons. The summed E-state index contributed by atoms with van der Waals surface area (Å²) in [7, 11) is 3.29. The molecule has 2 heterocycles. The number of methoxy groups -OCH3 is 2. The summed E-state index contributed by atoms with van der Waals surface area (Å²) in [5, 5.41) is 10.0. The number of carbonyl (C=O) groups is 1. The highest BCUT2D eigenvalue weighted by molar-refractivity contribution is 8.00. The third-order valence-electron chi connectivity index (χ3n) is 5.99. The summed E-state index contributed by atoms with van der Waals surface area (Å²) < 4.78 is 18.5. The van der Waals surface area contributed by atoms with E-state index in [1.54, 1.807) is 30.9 Å². The second kappa shape index (κ2) is 12.8. The van der Waals surface area contributed by atoms with Crippen LogP contribution in [0.5, 0.6) is 11.5 Å². The van der Waals surface area contributed by atoms with Gasteiger partial charge in [-0.25, -0.2) is 0 Å². The lowest BCUT2D eigenvalue weighted by Gasteiger charge is -2.31. The average Bonchev–Trinajstić information content (AvgIpc) is 3.35. The molecular formula is C28H27ClN4O4S2. The van der Waals surface area contributed by atoms with Crippen molar-refractivity contribution in [1.82, 2.24) is 14.8 Å². The Kier molecular flexibility index (Phi) is 8.98. The minimum absolute atomic E-state index is 0.0723. The Bertz CT molecular complexity index is 1470. The molecule has 0 spiro atoms. The molecule has 0 atom stereocenters. The molecule has 0 bridgehead atoms. The van der Waals surface area contributed by atoms with Gasteiger partial charge in [0.25, 0.3) is 0 Å². The normalized spacial score (nSPS) is 12.1. The van der Waals surface area contributed by atoms with E-state index in [1.807, 2.05) is 71.3 Å². The molecule has 0 saturated carbocycles. The van der Waals surface area contributed by atoms with Gasteiger partial charge in [0.2, 0.25) is 5.91 Å². The van der Waals surface area contributed by atoms with E-state index >= 15 is 0 Å². The lowest BCUT2D eigenvalue weighted by molar-refractivity contribution is -0.115. The molecule has 4 aromatic rings. The van der Waals surface area contributed by atoms with Gasteiger partial charge in [-0.1, -0.05) is 53.3 Å². The van der Waals surface area contributed by atoms with Gasteiger partial charge >= 0.3 is 0 Å². The second-order valence-corrected chi connectivity index (χ2v) is 11.0. The molecule has 0 radical (unpaired) electrons. The van der Waals surface area contributed by atoms with Crippen LogP contribution in [-0.2, 0) is 22.7 Å². The number of hydrogen-bond acceptors (Lipinski definition) is 8. The highest BCUT2D eigenvalue weighted by Gasteiger charge is 2.29. The molecular weight excluding hydrogens is 556 g/mol. The van der Waals surface area contributed by atoms with Crippen molar-refractivity contribution in [2.45, 2.75) is 34.5 Å². The number of benzene rings is 3. The van der Waals surface area contributed by atoms with E-state index in [4.69, 9.17) is 25.8 Å². The van der Waals surface area contributed by atoms with Crippen molar-refractivity contribution in [3.8, 4) is 11.5 Å². The maximum Gasteiger partial charge on any atom is 0.242 e. The van der Waals surface area contributed by atoms with Gasteiger partial charge < -0.3 is 18.8 Å². The molecule has 1 amide bonds. The SMILES string of the molecule is COCCCn1c(COc2cccc(OC)c2)nnc1SCC(=O)N1c2ccccc2Sc2ccc(Cl)cc21. The monoisotopic (exact) mass is 582 g/mol. The predicted molar refractivity (Wildman–Crippen MR) is 154 cm³/mol. The number of para-hydroxylation sites is 1. The first-order chi connectivity index (χ1) is 19.1. The summed E-state index contributed by atoms with van der Waals surface area (Å²) in [5.74, 6) is 2.15. The number of anilines is 2. The van der Waals surface area contributed by atoms with Gasteiger partial charge in [-0.05, 0) is 48.9 Å². The number of fused-ring (bicyclic) bond motifs is 2. The van der Waals surface area contributed by atoms with E-state index in [-0.39, 0.29) is 18.3 Å². The van der Waals surface area contributed by atoms with Crippen molar-refractivity contribution in [3.05, 3.63) is 77.6 Å². The van der Waals surface area contributed by atoms with Gasteiger partial charge in [-0.2, -0.15) is 0 Å². The molecule has 5 rings (SSSR count). The maximum absolute atomic E-state index is 13.7. The summed E-state index contributed by atoms with van der Waals surface area (Å²) in [4.78, 5) is 17.4. The van der Waals surface area contributed by atoms with Crippen LogP contribution in [0.2, 0.25) is 5.02 Å². The standard InChI is InChI=1S/C28H27ClN4O4S2/c1-35-14-6-13-32-26(17-37-21-8-5-7-20(16-21)36-2)30-31-28(32)38-18-27(34)33-22-9-3-4-10-24(22)39-25-12-11-19(29)15-23(25)33/h3-5,7-12,15-16H,6,13-14,17-18H2,1-2H3. The third kappa shape index (κ3) is 6.36. The van der Waals surface area contributed by atoms with E-state index in [9.17, 15) is 4.79 Å². The van der Waals surface area contributed by atoms with E-state index in [0.29, 0.717) is 40.7 Å². The summed E-state index contributed by atoms with van der Waals surface area (Å²) in [6.07, 6.45) is 0.769. The Morgan fingerprint density at radius 3 is 2.64 bits per heavy atom. The number of nitrogens with zero attached hydrogens (tertiary/aromatic N) is 4. The Labute approximate surface area is 240 Å². The molecule has 1 aromatic heterocycles. The molecule has 0 fully saturated rings. The van der Waals surface area contributed by atoms with E-state index in [1.165, 1.54) is 11.8 Å². The van der Waals surface area contributed by atoms with Crippen LogP contribution < -0.4 is 14.4 Å². The molecule has 1 aliphatic rings. The van der Waals surface area contributed by atoms with Crippen molar-refractivity contribution < 1.29 is 19.0 Å². The Balaban J connectivity index is 1.34. The molecule has 39 heavy (non-hydrogen) atoms. The first kappa shape index (κ1) is 27.4. The van der Waals surface area contributed by atoms with E-state index in [0.717, 1.165) is 27.6 Å². The number of rotatable bonds is 11. The van der Waals surface area contributed by atoms with Crippen LogP contribution in [0, 0.1) is 0 Å². The van der Waals surface area contributed by atoms with E-state index < -0.39 is 0 Å². The highest BCUT2D eigenvalue weighted by Crippen LogP contribution is 2.49. The zero-order valence-corrected chi connectivity index (χ0v) is 23.9. The van der Waals surface area contributed by atoms with Gasteiger partial charge in [0, 0.05) is 41.1 Å². The number of ether oxygens (including phenoxy) is 3. The third-order valence-corrected chi connectivity index (χ3v) is 8.31. The largest absolute Gasteiger partial charge is 0.497 e.